The fraction of sp³-hybridized carbons (Fsp3) is 0.333. The second-order valence-corrected chi connectivity index (χ2v) is 4.50. The molecule has 21 heavy (non-hydrogen) atoms. The minimum Gasteiger partial charge on any atom is -0.332 e. The molecule has 3 heterocycles. The summed E-state index contributed by atoms with van der Waals surface area (Å²) in [7, 11) is 0. The molecule has 0 saturated carbocycles. The van der Waals surface area contributed by atoms with E-state index in [4.69, 9.17) is 0 Å². The monoisotopic (exact) mass is 294 g/mol. The number of hydrogen-bond acceptors (Lipinski definition) is 4. The first-order valence-electron chi connectivity index (χ1n) is 6.39. The summed E-state index contributed by atoms with van der Waals surface area (Å²) in [5.74, 6) is -0.197. The molecule has 0 aliphatic rings. The Bertz CT molecular complexity index is 820. The Morgan fingerprint density at radius 1 is 1.38 bits per heavy atom. The number of nitrogens with zero attached hydrogens (tertiary/aromatic N) is 4. The summed E-state index contributed by atoms with van der Waals surface area (Å²) in [6.07, 6.45) is 0.810. The van der Waals surface area contributed by atoms with Crippen molar-refractivity contribution in [2.24, 2.45) is 0 Å². The molecule has 0 spiro atoms. The molecule has 2 N–H and O–H groups in total. The summed E-state index contributed by atoms with van der Waals surface area (Å²) in [6, 6.07) is 0. The van der Waals surface area contributed by atoms with Crippen LogP contribution in [-0.4, -0.2) is 29.7 Å². The lowest BCUT2D eigenvalue weighted by atomic mass is 10.3. The number of aromatic nitrogens is 6. The zero-order valence-corrected chi connectivity index (χ0v) is 11.1. The Kier molecular flexibility index (Phi) is 3.24. The number of aromatic amines is 2. The number of rotatable bonds is 4. The maximum atomic E-state index is 13.1. The lowest BCUT2D eigenvalue weighted by Gasteiger charge is -2.09. The van der Waals surface area contributed by atoms with Crippen molar-refractivity contribution in [3.63, 3.8) is 0 Å². The minimum absolute atomic E-state index is 0.0150. The van der Waals surface area contributed by atoms with Crippen LogP contribution in [0.25, 0.3) is 22.6 Å². The summed E-state index contributed by atoms with van der Waals surface area (Å²) >= 11 is 0. The normalized spacial score (nSPS) is 11.6. The van der Waals surface area contributed by atoms with Crippen LogP contribution in [0.4, 0.5) is 8.78 Å². The van der Waals surface area contributed by atoms with Gasteiger partial charge in [-0.05, 0) is 6.42 Å². The number of H-pyrrole nitrogens is 2. The molecule has 0 amide bonds. The first kappa shape index (κ1) is 13.4. The van der Waals surface area contributed by atoms with E-state index in [1.165, 1.54) is 6.20 Å². The van der Waals surface area contributed by atoms with Crippen molar-refractivity contribution in [3.8, 4) is 11.4 Å². The average Bonchev–Trinajstić information content (AvgIpc) is 3.09. The lowest BCUT2D eigenvalue weighted by Crippen LogP contribution is -2.25. The number of nitrogens with one attached hydrogen (secondary N) is 2. The number of imidazole rings is 1. The average molecular weight is 294 g/mol. The van der Waals surface area contributed by atoms with E-state index in [2.05, 4.69) is 25.1 Å². The van der Waals surface area contributed by atoms with Gasteiger partial charge >= 0.3 is 0 Å². The molecule has 0 bridgehead atoms. The first-order valence-corrected chi connectivity index (χ1v) is 6.39. The molecule has 9 heteroatoms. The van der Waals surface area contributed by atoms with Crippen LogP contribution >= 0.6 is 0 Å². The Morgan fingerprint density at radius 3 is 2.81 bits per heavy atom. The molecule has 0 unspecified atom stereocenters. The number of hydrogen-bond donors (Lipinski definition) is 2. The third-order valence-electron chi connectivity index (χ3n) is 3.05. The van der Waals surface area contributed by atoms with Gasteiger partial charge < -0.3 is 4.98 Å². The number of fused-ring (bicyclic) bond motifs is 1. The molecule has 0 radical (unpaired) electrons. The van der Waals surface area contributed by atoms with E-state index in [-0.39, 0.29) is 17.7 Å². The summed E-state index contributed by atoms with van der Waals surface area (Å²) < 4.78 is 27.1. The molecule has 0 aliphatic heterocycles. The summed E-state index contributed by atoms with van der Waals surface area (Å²) in [4.78, 5) is 23.1. The predicted molar refractivity (Wildman–Crippen MR) is 71.0 cm³/mol. The molecule has 110 valence electrons. The van der Waals surface area contributed by atoms with Crippen LogP contribution in [-0.2, 0) is 6.54 Å². The van der Waals surface area contributed by atoms with E-state index in [9.17, 15) is 13.6 Å². The molecule has 7 nitrogen and oxygen atoms in total. The molecule has 0 atom stereocenters. The fourth-order valence-electron chi connectivity index (χ4n) is 2.13. The largest absolute Gasteiger partial charge is 0.332 e. The van der Waals surface area contributed by atoms with E-state index < -0.39 is 17.8 Å². The lowest BCUT2D eigenvalue weighted by molar-refractivity contribution is 0.133. The summed E-state index contributed by atoms with van der Waals surface area (Å²) in [6.45, 7) is 1.98. The summed E-state index contributed by atoms with van der Waals surface area (Å²) in [5.41, 5.74) is 0.176. The van der Waals surface area contributed by atoms with Crippen molar-refractivity contribution in [1.82, 2.24) is 29.7 Å². The van der Waals surface area contributed by atoms with Crippen molar-refractivity contribution < 1.29 is 8.78 Å². The molecule has 3 rings (SSSR count). The van der Waals surface area contributed by atoms with Crippen LogP contribution in [0, 0.1) is 0 Å². The van der Waals surface area contributed by atoms with E-state index in [1.54, 1.807) is 13.1 Å². The molecule has 3 aromatic rings. The predicted octanol–water partition coefficient (Wildman–Crippen LogP) is 1.86. The SMILES string of the molecule is CCCn1c(C(F)F)nc2nc(-c3cn[nH]c3)[nH]c2c1=O. The van der Waals surface area contributed by atoms with Crippen molar-refractivity contribution in [2.45, 2.75) is 26.3 Å². The second kappa shape index (κ2) is 5.08. The van der Waals surface area contributed by atoms with Crippen LogP contribution in [0.3, 0.4) is 0 Å². The van der Waals surface area contributed by atoms with Crippen LogP contribution < -0.4 is 5.56 Å². The smallest absolute Gasteiger partial charge is 0.295 e. The van der Waals surface area contributed by atoms with Gasteiger partial charge in [0.2, 0.25) is 0 Å². The third-order valence-corrected chi connectivity index (χ3v) is 3.05. The molecular weight excluding hydrogens is 282 g/mol. The van der Waals surface area contributed by atoms with E-state index in [0.29, 0.717) is 17.8 Å². The Hall–Kier alpha value is -2.58. The van der Waals surface area contributed by atoms with Crippen molar-refractivity contribution in [2.75, 3.05) is 0 Å². The van der Waals surface area contributed by atoms with Gasteiger partial charge in [-0.2, -0.15) is 5.10 Å². The Morgan fingerprint density at radius 2 is 2.19 bits per heavy atom. The van der Waals surface area contributed by atoms with E-state index >= 15 is 0 Å². The third kappa shape index (κ3) is 2.20. The highest BCUT2D eigenvalue weighted by Crippen LogP contribution is 2.20. The number of alkyl halides is 2. The highest BCUT2D eigenvalue weighted by Gasteiger charge is 2.20. The van der Waals surface area contributed by atoms with Gasteiger partial charge in [-0.25, -0.2) is 18.7 Å². The van der Waals surface area contributed by atoms with Gasteiger partial charge in [-0.1, -0.05) is 6.92 Å². The first-order chi connectivity index (χ1) is 10.1. The van der Waals surface area contributed by atoms with Crippen LogP contribution in [0.15, 0.2) is 17.2 Å². The molecule has 0 fully saturated rings. The van der Waals surface area contributed by atoms with Gasteiger partial charge in [0.15, 0.2) is 17.0 Å². The van der Waals surface area contributed by atoms with Gasteiger partial charge in [-0.15, -0.1) is 0 Å². The molecule has 0 saturated heterocycles. The number of halogens is 2. The van der Waals surface area contributed by atoms with E-state index in [0.717, 1.165) is 4.57 Å². The standard InChI is InChI=1S/C12H12F2N6O/c1-2-3-20-11(8(13)14)19-10-7(12(20)21)17-9(18-10)6-4-15-16-5-6/h4-5,8H,2-3H2,1H3,(H,15,16)(H,17,18). The summed E-state index contributed by atoms with van der Waals surface area (Å²) in [5, 5.41) is 6.39. The van der Waals surface area contributed by atoms with Gasteiger partial charge in [0, 0.05) is 12.7 Å². The Balaban J connectivity index is 2.25. The molecule has 0 aromatic carbocycles. The zero-order chi connectivity index (χ0) is 15.0. The van der Waals surface area contributed by atoms with Crippen LogP contribution in [0.1, 0.15) is 25.6 Å². The minimum atomic E-state index is -2.83. The van der Waals surface area contributed by atoms with Gasteiger partial charge in [-0.3, -0.25) is 14.5 Å². The van der Waals surface area contributed by atoms with Gasteiger partial charge in [0.25, 0.3) is 12.0 Å². The van der Waals surface area contributed by atoms with Crippen LogP contribution in [0.2, 0.25) is 0 Å². The molecular formula is C12H12F2N6O. The Labute approximate surface area is 117 Å². The fourth-order valence-corrected chi connectivity index (χ4v) is 2.13. The topological polar surface area (TPSA) is 92.2 Å². The maximum absolute atomic E-state index is 13.1. The highest BCUT2D eigenvalue weighted by atomic mass is 19.3. The molecule has 0 aliphatic carbocycles. The maximum Gasteiger partial charge on any atom is 0.295 e. The molecule has 3 aromatic heterocycles. The van der Waals surface area contributed by atoms with Crippen molar-refractivity contribution >= 4 is 11.2 Å². The van der Waals surface area contributed by atoms with Crippen molar-refractivity contribution in [1.29, 1.82) is 0 Å². The zero-order valence-electron chi connectivity index (χ0n) is 11.1. The van der Waals surface area contributed by atoms with Crippen molar-refractivity contribution in [3.05, 3.63) is 28.6 Å². The quantitative estimate of drug-likeness (QED) is 0.768. The van der Waals surface area contributed by atoms with Crippen LogP contribution in [0.5, 0.6) is 0 Å². The second-order valence-electron chi connectivity index (χ2n) is 4.50. The van der Waals surface area contributed by atoms with Gasteiger partial charge in [0.05, 0.1) is 11.8 Å². The van der Waals surface area contributed by atoms with Gasteiger partial charge in [0.1, 0.15) is 5.82 Å². The highest BCUT2D eigenvalue weighted by molar-refractivity contribution is 5.74. The van der Waals surface area contributed by atoms with E-state index in [1.807, 2.05) is 0 Å².